The van der Waals surface area contributed by atoms with E-state index in [1.807, 2.05) is 13.0 Å². The Morgan fingerprint density at radius 1 is 1.22 bits per heavy atom. The monoisotopic (exact) mass is 555 g/mol. The molecule has 0 saturated heterocycles. The Morgan fingerprint density at radius 3 is 2.50 bits per heavy atom. The zero-order chi connectivity index (χ0) is 23.7. The lowest BCUT2D eigenvalue weighted by Crippen LogP contribution is -2.48. The molecular weight excluding hydrogens is 528 g/mol. The molecule has 0 aromatic heterocycles. The summed E-state index contributed by atoms with van der Waals surface area (Å²) in [6, 6.07) is 7.92. The van der Waals surface area contributed by atoms with Gasteiger partial charge in [0.1, 0.15) is 11.9 Å². The van der Waals surface area contributed by atoms with Gasteiger partial charge in [-0.05, 0) is 76.9 Å². The number of nitrogens with one attached hydrogen (secondary N) is 2. The van der Waals surface area contributed by atoms with E-state index in [0.717, 1.165) is 9.99 Å². The van der Waals surface area contributed by atoms with Crippen LogP contribution in [0.4, 0.5) is 4.39 Å². The predicted molar refractivity (Wildman–Crippen MR) is 130 cm³/mol. The normalized spacial score (nSPS) is 12.0. The molecular formula is C23H27FIN3O4. The van der Waals surface area contributed by atoms with E-state index in [0.29, 0.717) is 23.7 Å². The second-order valence-electron chi connectivity index (χ2n) is 7.32. The molecule has 2 N–H and O–H groups in total. The van der Waals surface area contributed by atoms with Gasteiger partial charge in [0.15, 0.2) is 11.5 Å². The minimum absolute atomic E-state index is 0.189. The number of ether oxygens (including phenoxy) is 2. The minimum atomic E-state index is -0.816. The highest BCUT2D eigenvalue weighted by atomic mass is 127. The average molecular weight is 555 g/mol. The fraction of sp³-hybridized carbons (Fsp3) is 0.348. The van der Waals surface area contributed by atoms with Gasteiger partial charge in [-0.1, -0.05) is 20.8 Å². The summed E-state index contributed by atoms with van der Waals surface area (Å²) < 4.78 is 25.1. The summed E-state index contributed by atoms with van der Waals surface area (Å²) in [7, 11) is 1.56. The standard InChI is InChI=1S/C23H27FIN3O4/c1-5-10-32-21-18(25)11-15(12-19(21)31-4)13-26-28-23(30)20(14(2)3)27-22(29)16-6-8-17(24)9-7-16/h6-9,11-14,20H,5,10H2,1-4H3,(H,27,29)(H,28,30). The second-order valence-corrected chi connectivity index (χ2v) is 8.48. The Morgan fingerprint density at radius 2 is 1.91 bits per heavy atom. The Bertz CT molecular complexity index is 964. The molecule has 2 rings (SSSR count). The largest absolute Gasteiger partial charge is 0.493 e. The van der Waals surface area contributed by atoms with Crippen molar-refractivity contribution < 1.29 is 23.5 Å². The Balaban J connectivity index is 2.07. The van der Waals surface area contributed by atoms with Gasteiger partial charge in [-0.2, -0.15) is 5.10 Å². The number of nitrogens with zero attached hydrogens (tertiary/aromatic N) is 1. The molecule has 0 aliphatic rings. The lowest BCUT2D eigenvalue weighted by Gasteiger charge is -2.20. The maximum atomic E-state index is 13.1. The molecule has 9 heteroatoms. The van der Waals surface area contributed by atoms with Gasteiger partial charge in [0, 0.05) is 5.56 Å². The van der Waals surface area contributed by atoms with Crippen molar-refractivity contribution in [3.05, 3.63) is 56.9 Å². The number of hydrogen-bond donors (Lipinski definition) is 2. The molecule has 0 bridgehead atoms. The SMILES string of the molecule is CCCOc1c(I)cc(C=NNC(=O)C(NC(=O)c2ccc(F)cc2)C(C)C)cc1OC. The highest BCUT2D eigenvalue weighted by Crippen LogP contribution is 2.33. The fourth-order valence-corrected chi connectivity index (χ4v) is 3.54. The Labute approximate surface area is 200 Å². The van der Waals surface area contributed by atoms with Gasteiger partial charge in [-0.3, -0.25) is 9.59 Å². The molecule has 2 aromatic carbocycles. The molecule has 0 fully saturated rings. The van der Waals surface area contributed by atoms with Crippen molar-refractivity contribution in [2.75, 3.05) is 13.7 Å². The molecule has 172 valence electrons. The van der Waals surface area contributed by atoms with E-state index in [1.165, 1.54) is 30.5 Å². The number of methoxy groups -OCH3 is 1. The maximum Gasteiger partial charge on any atom is 0.262 e. The first kappa shape index (κ1) is 25.6. The van der Waals surface area contributed by atoms with Crippen LogP contribution < -0.4 is 20.2 Å². The van der Waals surface area contributed by atoms with Crippen LogP contribution in [0.1, 0.15) is 43.1 Å². The van der Waals surface area contributed by atoms with E-state index >= 15 is 0 Å². The Hall–Kier alpha value is -2.69. The van der Waals surface area contributed by atoms with Crippen LogP contribution in [0.5, 0.6) is 11.5 Å². The number of hydrogen-bond acceptors (Lipinski definition) is 5. The number of amides is 2. The van der Waals surface area contributed by atoms with Crippen molar-refractivity contribution in [3.63, 3.8) is 0 Å². The lowest BCUT2D eigenvalue weighted by molar-refractivity contribution is -0.123. The molecule has 0 spiro atoms. The van der Waals surface area contributed by atoms with Crippen LogP contribution in [0.25, 0.3) is 0 Å². The van der Waals surface area contributed by atoms with Crippen molar-refractivity contribution in [2.24, 2.45) is 11.0 Å². The molecule has 7 nitrogen and oxygen atoms in total. The highest BCUT2D eigenvalue weighted by Gasteiger charge is 2.24. The van der Waals surface area contributed by atoms with Crippen LogP contribution in [0.15, 0.2) is 41.5 Å². The summed E-state index contributed by atoms with van der Waals surface area (Å²) in [5.41, 5.74) is 3.44. The van der Waals surface area contributed by atoms with Gasteiger partial charge in [-0.15, -0.1) is 0 Å². The summed E-state index contributed by atoms with van der Waals surface area (Å²) in [5, 5.41) is 6.69. The van der Waals surface area contributed by atoms with Crippen molar-refractivity contribution in [1.82, 2.24) is 10.7 Å². The van der Waals surface area contributed by atoms with Gasteiger partial charge < -0.3 is 14.8 Å². The maximum absolute atomic E-state index is 13.1. The molecule has 0 aliphatic carbocycles. The van der Waals surface area contributed by atoms with Crippen LogP contribution in [0.2, 0.25) is 0 Å². The highest BCUT2D eigenvalue weighted by molar-refractivity contribution is 14.1. The third kappa shape index (κ3) is 7.18. The molecule has 1 atom stereocenters. The van der Waals surface area contributed by atoms with E-state index < -0.39 is 23.7 Å². The predicted octanol–water partition coefficient (Wildman–Crippen LogP) is 4.13. The number of hydrazone groups is 1. The van der Waals surface area contributed by atoms with Gasteiger partial charge >= 0.3 is 0 Å². The summed E-state index contributed by atoms with van der Waals surface area (Å²) in [4.78, 5) is 25.0. The van der Waals surface area contributed by atoms with Crippen molar-refractivity contribution in [1.29, 1.82) is 0 Å². The van der Waals surface area contributed by atoms with Gasteiger partial charge in [0.2, 0.25) is 0 Å². The summed E-state index contributed by atoms with van der Waals surface area (Å²) in [6.45, 7) is 6.22. The van der Waals surface area contributed by atoms with Gasteiger partial charge in [0.05, 0.1) is 23.5 Å². The quantitative estimate of drug-likeness (QED) is 0.262. The zero-order valence-electron chi connectivity index (χ0n) is 18.4. The van der Waals surface area contributed by atoms with Gasteiger partial charge in [-0.25, -0.2) is 9.82 Å². The van der Waals surface area contributed by atoms with E-state index in [9.17, 15) is 14.0 Å². The molecule has 2 aromatic rings. The lowest BCUT2D eigenvalue weighted by atomic mass is 10.0. The third-order valence-electron chi connectivity index (χ3n) is 4.43. The number of carbonyl (C=O) groups is 2. The van der Waals surface area contributed by atoms with E-state index in [4.69, 9.17) is 9.47 Å². The molecule has 0 heterocycles. The molecule has 0 radical (unpaired) electrons. The molecule has 32 heavy (non-hydrogen) atoms. The summed E-state index contributed by atoms with van der Waals surface area (Å²) in [5.74, 6) is -0.318. The van der Waals surface area contributed by atoms with Crippen LogP contribution >= 0.6 is 22.6 Å². The first-order valence-corrected chi connectivity index (χ1v) is 11.2. The van der Waals surface area contributed by atoms with Crippen molar-refractivity contribution in [3.8, 4) is 11.5 Å². The van der Waals surface area contributed by atoms with Crippen LogP contribution in [-0.2, 0) is 4.79 Å². The topological polar surface area (TPSA) is 89.0 Å². The number of halogens is 2. The average Bonchev–Trinajstić information content (AvgIpc) is 2.76. The molecule has 1 unspecified atom stereocenters. The minimum Gasteiger partial charge on any atom is -0.493 e. The molecule has 2 amide bonds. The molecule has 0 saturated carbocycles. The summed E-state index contributed by atoms with van der Waals surface area (Å²) in [6.07, 6.45) is 2.37. The third-order valence-corrected chi connectivity index (χ3v) is 5.23. The smallest absolute Gasteiger partial charge is 0.262 e. The van der Waals surface area contributed by atoms with Crippen LogP contribution in [-0.4, -0.2) is 37.8 Å². The van der Waals surface area contributed by atoms with E-state index in [-0.39, 0.29) is 11.5 Å². The van der Waals surface area contributed by atoms with Crippen molar-refractivity contribution >= 4 is 40.6 Å². The number of benzene rings is 2. The first-order valence-electron chi connectivity index (χ1n) is 10.2. The number of rotatable bonds is 10. The zero-order valence-corrected chi connectivity index (χ0v) is 20.6. The van der Waals surface area contributed by atoms with Gasteiger partial charge in [0.25, 0.3) is 11.8 Å². The van der Waals surface area contributed by atoms with E-state index in [2.05, 4.69) is 38.4 Å². The molecule has 0 aliphatic heterocycles. The fourth-order valence-electron chi connectivity index (χ4n) is 2.76. The second kappa shape index (κ2) is 12.4. The van der Waals surface area contributed by atoms with E-state index in [1.54, 1.807) is 27.0 Å². The Kier molecular flexibility index (Phi) is 9.89. The van der Waals surface area contributed by atoms with Crippen LogP contribution in [0.3, 0.4) is 0 Å². The number of carbonyl (C=O) groups excluding carboxylic acids is 2. The van der Waals surface area contributed by atoms with Crippen molar-refractivity contribution in [2.45, 2.75) is 33.2 Å². The summed E-state index contributed by atoms with van der Waals surface area (Å²) >= 11 is 2.15. The van der Waals surface area contributed by atoms with Crippen LogP contribution in [0, 0.1) is 15.3 Å². The first-order chi connectivity index (χ1) is 15.3.